The Morgan fingerprint density at radius 3 is 2.55 bits per heavy atom. The average Bonchev–Trinajstić information content (AvgIpc) is 2.41. The lowest BCUT2D eigenvalue weighted by molar-refractivity contribution is 0.0697. The minimum atomic E-state index is -1.06. The molecule has 0 fully saturated rings. The van der Waals surface area contributed by atoms with Gasteiger partial charge in [0.1, 0.15) is 11.5 Å². The maximum Gasteiger partial charge on any atom is 0.337 e. The molecule has 0 bridgehead atoms. The summed E-state index contributed by atoms with van der Waals surface area (Å²) >= 11 is 0. The Morgan fingerprint density at radius 2 is 1.90 bits per heavy atom. The second-order valence-corrected chi connectivity index (χ2v) is 4.85. The number of nitrogen functional groups attached to an aromatic ring is 1. The first-order valence-corrected chi connectivity index (χ1v) is 6.38. The van der Waals surface area contributed by atoms with Crippen molar-refractivity contribution in [3.63, 3.8) is 0 Å². The summed E-state index contributed by atoms with van der Waals surface area (Å²) in [6.07, 6.45) is 0. The number of hydrogen-bond donors (Lipinski definition) is 2. The van der Waals surface area contributed by atoms with Crippen molar-refractivity contribution in [2.75, 3.05) is 5.73 Å². The summed E-state index contributed by atoms with van der Waals surface area (Å²) in [4.78, 5) is 11.1. The Hall–Kier alpha value is -2.49. The van der Waals surface area contributed by atoms with Crippen molar-refractivity contribution < 1.29 is 14.6 Å². The molecule has 2 rings (SSSR count). The molecule has 0 amide bonds. The number of carbonyl (C=O) groups is 1. The third kappa shape index (κ3) is 2.91. The minimum Gasteiger partial charge on any atom is -0.478 e. The molecule has 4 nitrogen and oxygen atoms in total. The summed E-state index contributed by atoms with van der Waals surface area (Å²) in [6.45, 7) is 4.15. The number of anilines is 1. The van der Waals surface area contributed by atoms with E-state index < -0.39 is 5.97 Å². The number of carboxylic acids is 1. The van der Waals surface area contributed by atoms with Crippen LogP contribution < -0.4 is 10.5 Å². The van der Waals surface area contributed by atoms with E-state index in [1.54, 1.807) is 6.07 Å². The van der Waals surface area contributed by atoms with E-state index in [0.717, 1.165) is 11.3 Å². The number of rotatable bonds is 4. The molecule has 4 heteroatoms. The smallest absolute Gasteiger partial charge is 0.337 e. The van der Waals surface area contributed by atoms with Crippen LogP contribution in [0.5, 0.6) is 11.5 Å². The largest absolute Gasteiger partial charge is 0.478 e. The normalized spacial score (nSPS) is 10.6. The predicted octanol–water partition coefficient (Wildman–Crippen LogP) is 3.88. The standard InChI is InChI=1S/C16H17NO3/c1-10(2)12-5-3-4-6-15(12)20-11-7-8-14(17)13(9-11)16(18)19/h3-10H,17H2,1-2H3,(H,18,19). The highest BCUT2D eigenvalue weighted by molar-refractivity contribution is 5.94. The van der Waals surface area contributed by atoms with E-state index in [1.807, 2.05) is 24.3 Å². The lowest BCUT2D eigenvalue weighted by Gasteiger charge is -2.14. The molecule has 2 aromatic rings. The molecule has 0 spiro atoms. The van der Waals surface area contributed by atoms with Crippen molar-refractivity contribution in [1.82, 2.24) is 0 Å². The molecule has 0 aliphatic rings. The van der Waals surface area contributed by atoms with E-state index in [1.165, 1.54) is 12.1 Å². The van der Waals surface area contributed by atoms with Crippen LogP contribution in [0.15, 0.2) is 42.5 Å². The molecule has 0 aromatic heterocycles. The summed E-state index contributed by atoms with van der Waals surface area (Å²) in [5, 5.41) is 9.06. The quantitative estimate of drug-likeness (QED) is 0.828. The topological polar surface area (TPSA) is 72.5 Å². The Morgan fingerprint density at radius 1 is 1.20 bits per heavy atom. The van der Waals surface area contributed by atoms with Crippen molar-refractivity contribution in [3.05, 3.63) is 53.6 Å². The van der Waals surface area contributed by atoms with Crippen LogP contribution in [0, 0.1) is 0 Å². The van der Waals surface area contributed by atoms with Gasteiger partial charge in [0, 0.05) is 5.69 Å². The monoisotopic (exact) mass is 271 g/mol. The zero-order valence-electron chi connectivity index (χ0n) is 11.5. The highest BCUT2D eigenvalue weighted by Gasteiger charge is 2.12. The molecule has 0 unspecified atom stereocenters. The molecule has 20 heavy (non-hydrogen) atoms. The maximum atomic E-state index is 11.1. The fourth-order valence-corrected chi connectivity index (χ4v) is 1.96. The van der Waals surface area contributed by atoms with Gasteiger partial charge in [-0.05, 0) is 35.7 Å². The van der Waals surface area contributed by atoms with Gasteiger partial charge in [0.2, 0.25) is 0 Å². The van der Waals surface area contributed by atoms with Gasteiger partial charge >= 0.3 is 5.97 Å². The second kappa shape index (κ2) is 5.65. The number of carboxylic acid groups (broad SMARTS) is 1. The highest BCUT2D eigenvalue weighted by Crippen LogP contribution is 2.31. The van der Waals surface area contributed by atoms with Crippen LogP contribution in [-0.4, -0.2) is 11.1 Å². The lowest BCUT2D eigenvalue weighted by atomic mass is 10.0. The number of benzene rings is 2. The first kappa shape index (κ1) is 13.9. The number of nitrogens with two attached hydrogens (primary N) is 1. The fourth-order valence-electron chi connectivity index (χ4n) is 1.96. The van der Waals surface area contributed by atoms with Crippen molar-refractivity contribution in [2.24, 2.45) is 0 Å². The molecule has 0 aliphatic carbocycles. The minimum absolute atomic E-state index is 0.0459. The van der Waals surface area contributed by atoms with Gasteiger partial charge < -0.3 is 15.6 Å². The Kier molecular flexibility index (Phi) is 3.94. The van der Waals surface area contributed by atoms with E-state index >= 15 is 0 Å². The molecular formula is C16H17NO3. The first-order chi connectivity index (χ1) is 9.49. The summed E-state index contributed by atoms with van der Waals surface area (Å²) in [6, 6.07) is 12.3. The number of para-hydroxylation sites is 1. The van der Waals surface area contributed by atoms with E-state index in [9.17, 15) is 4.79 Å². The molecule has 0 saturated heterocycles. The van der Waals surface area contributed by atoms with Crippen molar-refractivity contribution >= 4 is 11.7 Å². The van der Waals surface area contributed by atoms with Crippen LogP contribution in [0.3, 0.4) is 0 Å². The number of ether oxygens (including phenoxy) is 1. The zero-order valence-corrected chi connectivity index (χ0v) is 11.5. The zero-order chi connectivity index (χ0) is 14.7. The Balaban J connectivity index is 2.36. The van der Waals surface area contributed by atoms with E-state index in [2.05, 4.69) is 13.8 Å². The molecule has 0 atom stereocenters. The molecule has 2 aromatic carbocycles. The molecule has 0 radical (unpaired) electrons. The number of aromatic carboxylic acids is 1. The second-order valence-electron chi connectivity index (χ2n) is 4.85. The van der Waals surface area contributed by atoms with Gasteiger partial charge in [0.15, 0.2) is 0 Å². The summed E-state index contributed by atoms with van der Waals surface area (Å²) in [7, 11) is 0. The first-order valence-electron chi connectivity index (χ1n) is 6.38. The molecule has 0 heterocycles. The molecule has 0 saturated carbocycles. The van der Waals surface area contributed by atoms with Crippen LogP contribution in [-0.2, 0) is 0 Å². The van der Waals surface area contributed by atoms with Crippen molar-refractivity contribution in [3.8, 4) is 11.5 Å². The van der Waals surface area contributed by atoms with Crippen LogP contribution in [0.25, 0.3) is 0 Å². The van der Waals surface area contributed by atoms with Gasteiger partial charge in [0.25, 0.3) is 0 Å². The third-order valence-electron chi connectivity index (χ3n) is 3.02. The Bertz CT molecular complexity index is 635. The molecular weight excluding hydrogens is 254 g/mol. The average molecular weight is 271 g/mol. The van der Waals surface area contributed by atoms with Crippen molar-refractivity contribution in [1.29, 1.82) is 0 Å². The third-order valence-corrected chi connectivity index (χ3v) is 3.02. The fraction of sp³-hybridized carbons (Fsp3) is 0.188. The van der Waals surface area contributed by atoms with E-state index in [4.69, 9.17) is 15.6 Å². The SMILES string of the molecule is CC(C)c1ccccc1Oc1ccc(N)c(C(=O)O)c1. The van der Waals surface area contributed by atoms with Gasteiger partial charge in [-0.3, -0.25) is 0 Å². The lowest BCUT2D eigenvalue weighted by Crippen LogP contribution is -2.02. The van der Waals surface area contributed by atoms with Crippen LogP contribution in [0.2, 0.25) is 0 Å². The van der Waals surface area contributed by atoms with Gasteiger partial charge in [-0.15, -0.1) is 0 Å². The molecule has 0 aliphatic heterocycles. The maximum absolute atomic E-state index is 11.1. The molecule has 3 N–H and O–H groups in total. The number of hydrogen-bond acceptors (Lipinski definition) is 3. The summed E-state index contributed by atoms with van der Waals surface area (Å²) < 4.78 is 5.80. The van der Waals surface area contributed by atoms with E-state index in [0.29, 0.717) is 11.7 Å². The van der Waals surface area contributed by atoms with Crippen LogP contribution in [0.1, 0.15) is 35.7 Å². The van der Waals surface area contributed by atoms with Gasteiger partial charge in [-0.25, -0.2) is 4.79 Å². The Labute approximate surface area is 117 Å². The van der Waals surface area contributed by atoms with E-state index in [-0.39, 0.29) is 11.3 Å². The van der Waals surface area contributed by atoms with Crippen molar-refractivity contribution in [2.45, 2.75) is 19.8 Å². The van der Waals surface area contributed by atoms with Crippen LogP contribution in [0.4, 0.5) is 5.69 Å². The van der Waals surface area contributed by atoms with Gasteiger partial charge in [-0.2, -0.15) is 0 Å². The summed E-state index contributed by atoms with van der Waals surface area (Å²) in [5.41, 5.74) is 6.97. The van der Waals surface area contributed by atoms with Crippen LogP contribution >= 0.6 is 0 Å². The molecule has 104 valence electrons. The highest BCUT2D eigenvalue weighted by atomic mass is 16.5. The predicted molar refractivity (Wildman–Crippen MR) is 78.4 cm³/mol. The summed E-state index contributed by atoms with van der Waals surface area (Å²) in [5.74, 6) is 0.442. The van der Waals surface area contributed by atoms with Gasteiger partial charge in [0.05, 0.1) is 5.56 Å². The van der Waals surface area contributed by atoms with Gasteiger partial charge in [-0.1, -0.05) is 32.0 Å².